The van der Waals surface area contributed by atoms with Crippen LogP contribution >= 0.6 is 0 Å². The van der Waals surface area contributed by atoms with E-state index in [1.54, 1.807) is 0 Å². The van der Waals surface area contributed by atoms with E-state index in [9.17, 15) is 13.6 Å². The fourth-order valence-electron chi connectivity index (χ4n) is 3.63. The summed E-state index contributed by atoms with van der Waals surface area (Å²) in [5.74, 6) is -0.980. The Balaban J connectivity index is 1.70. The van der Waals surface area contributed by atoms with Crippen molar-refractivity contribution in [1.82, 2.24) is 4.90 Å². The fraction of sp³-hybridized carbons (Fsp3) is 0.409. The Kier molecular flexibility index (Phi) is 6.22. The van der Waals surface area contributed by atoms with Gasteiger partial charge in [-0.15, -0.1) is 0 Å². The van der Waals surface area contributed by atoms with Crippen molar-refractivity contribution in [3.05, 3.63) is 65.7 Å². The van der Waals surface area contributed by atoms with Crippen LogP contribution < -0.4 is 4.90 Å². The van der Waals surface area contributed by atoms with Crippen molar-refractivity contribution in [2.75, 3.05) is 18.0 Å². The molecule has 2 aromatic carbocycles. The number of piperidine rings is 1. The summed E-state index contributed by atoms with van der Waals surface area (Å²) in [5, 5.41) is 0. The van der Waals surface area contributed by atoms with Gasteiger partial charge in [0.2, 0.25) is 5.91 Å². The molecule has 1 heterocycles. The molecule has 0 spiro atoms. The lowest BCUT2D eigenvalue weighted by Crippen LogP contribution is -2.48. The summed E-state index contributed by atoms with van der Waals surface area (Å²) in [4.78, 5) is 16.8. The van der Waals surface area contributed by atoms with Gasteiger partial charge in [0, 0.05) is 42.8 Å². The highest BCUT2D eigenvalue weighted by Gasteiger charge is 2.30. The highest BCUT2D eigenvalue weighted by Crippen LogP contribution is 2.26. The van der Waals surface area contributed by atoms with Crippen LogP contribution in [0.4, 0.5) is 14.5 Å². The van der Waals surface area contributed by atoms with Gasteiger partial charge in [-0.2, -0.15) is 0 Å². The quantitative estimate of drug-likeness (QED) is 0.765. The summed E-state index contributed by atoms with van der Waals surface area (Å²) in [6.07, 6.45) is 1.56. The summed E-state index contributed by atoms with van der Waals surface area (Å²) in [7, 11) is 0. The molecule has 27 heavy (non-hydrogen) atoms. The van der Waals surface area contributed by atoms with E-state index >= 15 is 0 Å². The standard InChI is InChI=1S/C22H26F2N2O/c1-16(2)22(27)26(17-7-4-3-5-8-17)18-11-13-25(14-12-18)15-19-20(23)9-6-10-21(19)24/h3-10,16,18H,11-15H2,1-2H3. The van der Waals surface area contributed by atoms with Gasteiger partial charge in [0.05, 0.1) is 0 Å². The molecule has 144 valence electrons. The number of amides is 1. The Hall–Kier alpha value is -2.27. The molecule has 0 aliphatic carbocycles. The van der Waals surface area contributed by atoms with E-state index in [4.69, 9.17) is 0 Å². The van der Waals surface area contributed by atoms with Gasteiger partial charge in [0.25, 0.3) is 0 Å². The SMILES string of the molecule is CC(C)C(=O)N(c1ccccc1)C1CCN(Cc2c(F)cccc2F)CC1. The highest BCUT2D eigenvalue weighted by molar-refractivity contribution is 5.95. The number of rotatable bonds is 5. The van der Waals surface area contributed by atoms with E-state index in [-0.39, 0.29) is 30.0 Å². The molecule has 0 atom stereocenters. The molecule has 3 rings (SSSR count). The van der Waals surface area contributed by atoms with Gasteiger partial charge in [-0.3, -0.25) is 9.69 Å². The van der Waals surface area contributed by atoms with E-state index in [0.29, 0.717) is 13.1 Å². The van der Waals surface area contributed by atoms with Crippen LogP contribution in [0.15, 0.2) is 48.5 Å². The molecule has 0 bridgehead atoms. The molecular weight excluding hydrogens is 346 g/mol. The lowest BCUT2D eigenvalue weighted by atomic mass is 9.99. The predicted octanol–water partition coefficient (Wildman–Crippen LogP) is 4.62. The summed E-state index contributed by atoms with van der Waals surface area (Å²) in [5.41, 5.74) is 1.03. The molecule has 0 radical (unpaired) electrons. The summed E-state index contributed by atoms with van der Waals surface area (Å²) in [6.45, 7) is 5.48. The smallest absolute Gasteiger partial charge is 0.229 e. The van der Waals surface area contributed by atoms with Crippen LogP contribution in [0, 0.1) is 17.6 Å². The maximum Gasteiger partial charge on any atom is 0.229 e. The van der Waals surface area contributed by atoms with Crippen LogP contribution in [0.2, 0.25) is 0 Å². The van der Waals surface area contributed by atoms with E-state index in [0.717, 1.165) is 18.5 Å². The van der Waals surface area contributed by atoms with Crippen molar-refractivity contribution >= 4 is 11.6 Å². The zero-order valence-corrected chi connectivity index (χ0v) is 15.9. The molecule has 1 aliphatic rings. The molecule has 2 aromatic rings. The second-order valence-corrected chi connectivity index (χ2v) is 7.41. The summed E-state index contributed by atoms with van der Waals surface area (Å²) in [6, 6.07) is 13.8. The Morgan fingerprint density at radius 3 is 2.19 bits per heavy atom. The summed E-state index contributed by atoms with van der Waals surface area (Å²) >= 11 is 0. The lowest BCUT2D eigenvalue weighted by molar-refractivity contribution is -0.122. The first-order chi connectivity index (χ1) is 13.0. The maximum absolute atomic E-state index is 13.9. The fourth-order valence-corrected chi connectivity index (χ4v) is 3.63. The molecule has 3 nitrogen and oxygen atoms in total. The number of hydrogen-bond donors (Lipinski definition) is 0. The third-order valence-electron chi connectivity index (χ3n) is 5.13. The minimum Gasteiger partial charge on any atom is -0.309 e. The number of carbonyl (C=O) groups excluding carboxylic acids is 1. The Morgan fingerprint density at radius 2 is 1.63 bits per heavy atom. The molecule has 0 unspecified atom stereocenters. The predicted molar refractivity (Wildman–Crippen MR) is 103 cm³/mol. The molecule has 0 saturated carbocycles. The molecule has 1 aliphatic heterocycles. The monoisotopic (exact) mass is 372 g/mol. The van der Waals surface area contributed by atoms with Crippen molar-refractivity contribution in [3.63, 3.8) is 0 Å². The molecule has 0 N–H and O–H groups in total. The van der Waals surface area contributed by atoms with E-state index < -0.39 is 11.6 Å². The van der Waals surface area contributed by atoms with Crippen molar-refractivity contribution < 1.29 is 13.6 Å². The normalized spacial score (nSPS) is 15.9. The third-order valence-corrected chi connectivity index (χ3v) is 5.13. The maximum atomic E-state index is 13.9. The van der Waals surface area contributed by atoms with Crippen molar-refractivity contribution in [1.29, 1.82) is 0 Å². The Bertz CT molecular complexity index is 751. The number of carbonyl (C=O) groups is 1. The van der Waals surface area contributed by atoms with Gasteiger partial charge in [-0.25, -0.2) is 8.78 Å². The van der Waals surface area contributed by atoms with Crippen LogP contribution in [-0.2, 0) is 11.3 Å². The largest absolute Gasteiger partial charge is 0.309 e. The van der Waals surface area contributed by atoms with Gasteiger partial charge < -0.3 is 4.90 Å². The van der Waals surface area contributed by atoms with Crippen LogP contribution in [0.3, 0.4) is 0 Å². The molecule has 1 fully saturated rings. The van der Waals surface area contributed by atoms with Gasteiger partial charge in [0.15, 0.2) is 0 Å². The third kappa shape index (κ3) is 4.53. The average Bonchev–Trinajstić information content (AvgIpc) is 2.67. The molecule has 0 aromatic heterocycles. The minimum absolute atomic E-state index is 0.0873. The van der Waals surface area contributed by atoms with Gasteiger partial charge in [0.1, 0.15) is 11.6 Å². The first-order valence-corrected chi connectivity index (χ1v) is 9.50. The molecule has 1 amide bonds. The van der Waals surface area contributed by atoms with Crippen molar-refractivity contribution in [3.8, 4) is 0 Å². The van der Waals surface area contributed by atoms with E-state index in [1.165, 1.54) is 18.2 Å². The minimum atomic E-state index is -0.502. The first kappa shape index (κ1) is 19.5. The number of likely N-dealkylation sites (tertiary alicyclic amines) is 1. The topological polar surface area (TPSA) is 23.6 Å². The summed E-state index contributed by atoms with van der Waals surface area (Å²) < 4.78 is 27.8. The molecular formula is C22H26F2N2O. The van der Waals surface area contributed by atoms with E-state index in [1.807, 2.05) is 49.1 Å². The number of para-hydroxylation sites is 1. The zero-order chi connectivity index (χ0) is 19.4. The average molecular weight is 372 g/mol. The van der Waals surface area contributed by atoms with Gasteiger partial charge in [-0.1, -0.05) is 38.1 Å². The zero-order valence-electron chi connectivity index (χ0n) is 15.9. The number of halogens is 2. The Labute approximate surface area is 159 Å². The number of benzene rings is 2. The van der Waals surface area contributed by atoms with Gasteiger partial charge in [-0.05, 0) is 37.1 Å². The number of anilines is 1. The van der Waals surface area contributed by atoms with Crippen LogP contribution in [0.5, 0.6) is 0 Å². The van der Waals surface area contributed by atoms with Crippen LogP contribution in [0.25, 0.3) is 0 Å². The second kappa shape index (κ2) is 8.61. The molecule has 5 heteroatoms. The van der Waals surface area contributed by atoms with Crippen LogP contribution in [0.1, 0.15) is 32.3 Å². The number of nitrogens with zero attached hydrogens (tertiary/aromatic N) is 2. The molecule has 1 saturated heterocycles. The first-order valence-electron chi connectivity index (χ1n) is 9.50. The van der Waals surface area contributed by atoms with Crippen LogP contribution in [-0.4, -0.2) is 29.9 Å². The van der Waals surface area contributed by atoms with E-state index in [2.05, 4.69) is 4.90 Å². The second-order valence-electron chi connectivity index (χ2n) is 7.41. The van der Waals surface area contributed by atoms with Crippen molar-refractivity contribution in [2.45, 2.75) is 39.3 Å². The Morgan fingerprint density at radius 1 is 1.04 bits per heavy atom. The lowest BCUT2D eigenvalue weighted by Gasteiger charge is -2.39. The van der Waals surface area contributed by atoms with Crippen molar-refractivity contribution in [2.24, 2.45) is 5.92 Å². The number of hydrogen-bond acceptors (Lipinski definition) is 2. The highest BCUT2D eigenvalue weighted by atomic mass is 19.1. The van der Waals surface area contributed by atoms with Gasteiger partial charge >= 0.3 is 0 Å².